The molecule has 0 amide bonds. The van der Waals surface area contributed by atoms with E-state index in [2.05, 4.69) is 34.2 Å². The van der Waals surface area contributed by atoms with Crippen LogP contribution in [0.25, 0.3) is 0 Å². The van der Waals surface area contributed by atoms with Gasteiger partial charge in [-0.05, 0) is 44.9 Å². The van der Waals surface area contributed by atoms with Crippen molar-refractivity contribution < 1.29 is 9.47 Å². The summed E-state index contributed by atoms with van der Waals surface area (Å²) in [4.78, 5) is 9.86. The molecule has 1 unspecified atom stereocenters. The molecule has 2 saturated heterocycles. The molecule has 1 aromatic carbocycles. The van der Waals surface area contributed by atoms with Gasteiger partial charge in [0.15, 0.2) is 5.96 Å². The van der Waals surface area contributed by atoms with Gasteiger partial charge in [-0.3, -0.25) is 4.90 Å². The Kier molecular flexibility index (Phi) is 7.35. The predicted octanol–water partition coefficient (Wildman–Crippen LogP) is 2.35. The summed E-state index contributed by atoms with van der Waals surface area (Å²) in [6.07, 6.45) is 1.40. The lowest BCUT2D eigenvalue weighted by Crippen LogP contribution is -2.46. The molecule has 1 atom stereocenters. The Balaban J connectivity index is 1.57. The molecule has 2 aliphatic rings. The predicted molar refractivity (Wildman–Crippen MR) is 109 cm³/mol. The van der Waals surface area contributed by atoms with Gasteiger partial charge < -0.3 is 19.7 Å². The molecule has 27 heavy (non-hydrogen) atoms. The Hall–Kier alpha value is -1.79. The molecule has 6 heteroatoms. The molecule has 0 radical (unpaired) electrons. The van der Waals surface area contributed by atoms with Gasteiger partial charge in [0, 0.05) is 38.8 Å². The number of hydrogen-bond acceptors (Lipinski definition) is 4. The normalized spacial score (nSPS) is 21.7. The highest BCUT2D eigenvalue weighted by Crippen LogP contribution is 2.18. The van der Waals surface area contributed by atoms with E-state index in [9.17, 15) is 0 Å². The molecular weight excluding hydrogens is 340 g/mol. The Labute approximate surface area is 163 Å². The van der Waals surface area contributed by atoms with Crippen molar-refractivity contribution in [1.29, 1.82) is 0 Å². The van der Waals surface area contributed by atoms with E-state index < -0.39 is 0 Å². The van der Waals surface area contributed by atoms with E-state index in [0.717, 1.165) is 57.6 Å². The molecule has 2 aliphatic heterocycles. The first-order chi connectivity index (χ1) is 13.2. The third-order valence-electron chi connectivity index (χ3n) is 5.07. The molecule has 0 saturated carbocycles. The molecule has 0 bridgehead atoms. The van der Waals surface area contributed by atoms with E-state index in [0.29, 0.717) is 12.6 Å². The van der Waals surface area contributed by atoms with Crippen molar-refractivity contribution in [3.8, 4) is 5.75 Å². The van der Waals surface area contributed by atoms with Gasteiger partial charge in [-0.15, -0.1) is 0 Å². The maximum atomic E-state index is 5.71. The highest BCUT2D eigenvalue weighted by molar-refractivity contribution is 5.80. The van der Waals surface area contributed by atoms with Gasteiger partial charge in [-0.25, -0.2) is 4.99 Å². The fraction of sp³-hybridized carbons (Fsp3) is 0.667. The summed E-state index contributed by atoms with van der Waals surface area (Å²) in [7, 11) is 0. The molecule has 0 aromatic heterocycles. The van der Waals surface area contributed by atoms with Gasteiger partial charge in [0.2, 0.25) is 0 Å². The van der Waals surface area contributed by atoms with E-state index in [-0.39, 0.29) is 6.10 Å². The standard InChI is InChI=1S/C21H34N4O2/c1-4-22-21(23-15-18-5-7-20(8-6-18)27-17(2)3)25-10-9-19(16-25)24-11-13-26-14-12-24/h5-8,17,19H,4,9-16H2,1-3H3,(H,22,23). The van der Waals surface area contributed by atoms with Gasteiger partial charge in [-0.1, -0.05) is 12.1 Å². The molecule has 150 valence electrons. The zero-order valence-electron chi connectivity index (χ0n) is 17.0. The number of likely N-dealkylation sites (tertiary alicyclic amines) is 1. The molecule has 1 N–H and O–H groups in total. The number of hydrogen-bond donors (Lipinski definition) is 1. The lowest BCUT2D eigenvalue weighted by atomic mass is 10.2. The van der Waals surface area contributed by atoms with Gasteiger partial charge in [0.1, 0.15) is 5.75 Å². The minimum atomic E-state index is 0.198. The molecule has 0 spiro atoms. The van der Waals surface area contributed by atoms with Crippen LogP contribution in [-0.4, -0.2) is 73.8 Å². The van der Waals surface area contributed by atoms with E-state index in [1.807, 2.05) is 26.0 Å². The topological polar surface area (TPSA) is 49.3 Å². The third kappa shape index (κ3) is 5.84. The first-order valence-corrected chi connectivity index (χ1v) is 10.3. The molecular formula is C21H34N4O2. The minimum absolute atomic E-state index is 0.198. The zero-order chi connectivity index (χ0) is 19.1. The van der Waals surface area contributed by atoms with Crippen LogP contribution in [0.4, 0.5) is 0 Å². The number of ether oxygens (including phenoxy) is 2. The molecule has 1 aromatic rings. The van der Waals surface area contributed by atoms with Gasteiger partial charge in [-0.2, -0.15) is 0 Å². The summed E-state index contributed by atoms with van der Waals surface area (Å²) in [5.74, 6) is 1.94. The summed E-state index contributed by atoms with van der Waals surface area (Å²) in [5, 5.41) is 3.46. The molecule has 6 nitrogen and oxygen atoms in total. The van der Waals surface area contributed by atoms with Crippen LogP contribution in [0.5, 0.6) is 5.75 Å². The lowest BCUT2D eigenvalue weighted by Gasteiger charge is -2.32. The number of aliphatic imine (C=N–C) groups is 1. The van der Waals surface area contributed by atoms with Gasteiger partial charge in [0.05, 0.1) is 25.9 Å². The third-order valence-corrected chi connectivity index (χ3v) is 5.07. The summed E-state index contributed by atoms with van der Waals surface area (Å²) in [6.45, 7) is 13.7. The van der Waals surface area contributed by atoms with Crippen LogP contribution in [-0.2, 0) is 11.3 Å². The smallest absolute Gasteiger partial charge is 0.194 e. The first kappa shape index (κ1) is 20.0. The van der Waals surface area contributed by atoms with Crippen molar-refractivity contribution in [2.45, 2.75) is 45.9 Å². The maximum Gasteiger partial charge on any atom is 0.194 e. The Bertz CT molecular complexity index is 597. The van der Waals surface area contributed by atoms with Gasteiger partial charge in [0.25, 0.3) is 0 Å². The average Bonchev–Trinajstić information content (AvgIpc) is 3.17. The fourth-order valence-corrected chi connectivity index (χ4v) is 3.71. The average molecular weight is 375 g/mol. The largest absolute Gasteiger partial charge is 0.491 e. The van der Waals surface area contributed by atoms with Crippen LogP contribution in [0.2, 0.25) is 0 Å². The second kappa shape index (κ2) is 9.95. The van der Waals surface area contributed by atoms with Crippen molar-refractivity contribution in [1.82, 2.24) is 15.1 Å². The van der Waals surface area contributed by atoms with Crippen molar-refractivity contribution in [2.24, 2.45) is 4.99 Å². The number of guanidine groups is 1. The fourth-order valence-electron chi connectivity index (χ4n) is 3.71. The van der Waals surface area contributed by atoms with Crippen LogP contribution in [0.15, 0.2) is 29.3 Å². The highest BCUT2D eigenvalue weighted by atomic mass is 16.5. The van der Waals surface area contributed by atoms with Crippen molar-refractivity contribution in [2.75, 3.05) is 45.9 Å². The Morgan fingerprint density at radius 1 is 1.22 bits per heavy atom. The maximum absolute atomic E-state index is 5.71. The van der Waals surface area contributed by atoms with Crippen LogP contribution >= 0.6 is 0 Å². The van der Waals surface area contributed by atoms with Crippen LogP contribution in [0.1, 0.15) is 32.8 Å². The summed E-state index contributed by atoms with van der Waals surface area (Å²) < 4.78 is 11.2. The van der Waals surface area contributed by atoms with E-state index in [1.54, 1.807) is 0 Å². The number of morpholine rings is 1. The molecule has 2 fully saturated rings. The van der Waals surface area contributed by atoms with Crippen molar-refractivity contribution in [3.05, 3.63) is 29.8 Å². The molecule has 0 aliphatic carbocycles. The Morgan fingerprint density at radius 3 is 2.63 bits per heavy atom. The number of nitrogens with one attached hydrogen (secondary N) is 1. The van der Waals surface area contributed by atoms with E-state index >= 15 is 0 Å². The zero-order valence-corrected chi connectivity index (χ0v) is 17.0. The van der Waals surface area contributed by atoms with E-state index in [1.165, 1.54) is 12.0 Å². The number of nitrogens with zero attached hydrogens (tertiary/aromatic N) is 3. The van der Waals surface area contributed by atoms with Crippen LogP contribution < -0.4 is 10.1 Å². The SMILES string of the molecule is CCNC(=NCc1ccc(OC(C)C)cc1)N1CCC(N2CCOCC2)C1. The molecule has 2 heterocycles. The summed E-state index contributed by atoms with van der Waals surface area (Å²) >= 11 is 0. The second-order valence-corrected chi connectivity index (χ2v) is 7.52. The van der Waals surface area contributed by atoms with E-state index in [4.69, 9.17) is 14.5 Å². The van der Waals surface area contributed by atoms with Crippen LogP contribution in [0, 0.1) is 0 Å². The first-order valence-electron chi connectivity index (χ1n) is 10.3. The van der Waals surface area contributed by atoms with Crippen LogP contribution in [0.3, 0.4) is 0 Å². The quantitative estimate of drug-likeness (QED) is 0.612. The van der Waals surface area contributed by atoms with Crippen molar-refractivity contribution >= 4 is 5.96 Å². The minimum Gasteiger partial charge on any atom is -0.491 e. The molecule has 3 rings (SSSR count). The summed E-state index contributed by atoms with van der Waals surface area (Å²) in [6, 6.07) is 8.88. The number of rotatable bonds is 6. The summed E-state index contributed by atoms with van der Waals surface area (Å²) in [5.41, 5.74) is 1.20. The second-order valence-electron chi connectivity index (χ2n) is 7.52. The lowest BCUT2D eigenvalue weighted by molar-refractivity contribution is 0.0195. The van der Waals surface area contributed by atoms with Crippen molar-refractivity contribution in [3.63, 3.8) is 0 Å². The Morgan fingerprint density at radius 2 is 1.96 bits per heavy atom. The number of benzene rings is 1. The van der Waals surface area contributed by atoms with Gasteiger partial charge >= 0.3 is 0 Å². The highest BCUT2D eigenvalue weighted by Gasteiger charge is 2.30. The monoisotopic (exact) mass is 374 g/mol.